The maximum absolute atomic E-state index is 8.55. The minimum atomic E-state index is 0.0616. The molecule has 0 fully saturated rings. The van der Waals surface area contributed by atoms with Gasteiger partial charge in [-0.15, -0.1) is 0 Å². The predicted octanol–water partition coefficient (Wildman–Crippen LogP) is 1.96. The Morgan fingerprint density at radius 1 is 1.47 bits per heavy atom. The highest BCUT2D eigenvalue weighted by atomic mass is 79.9. The van der Waals surface area contributed by atoms with Crippen molar-refractivity contribution in [1.82, 2.24) is 0 Å². The molecule has 0 bridgehead atoms. The molecular formula is C11H15BrN2O3. The van der Waals surface area contributed by atoms with Gasteiger partial charge in [0.15, 0.2) is 5.84 Å². The van der Waals surface area contributed by atoms with Crippen molar-refractivity contribution in [2.75, 3.05) is 19.8 Å². The summed E-state index contributed by atoms with van der Waals surface area (Å²) in [5, 5.41) is 11.5. The van der Waals surface area contributed by atoms with Crippen molar-refractivity contribution in [1.29, 1.82) is 0 Å². The van der Waals surface area contributed by atoms with Gasteiger partial charge in [0.05, 0.1) is 11.1 Å². The van der Waals surface area contributed by atoms with E-state index >= 15 is 0 Å². The predicted molar refractivity (Wildman–Crippen MR) is 68.6 cm³/mol. The van der Waals surface area contributed by atoms with E-state index in [9.17, 15) is 0 Å². The van der Waals surface area contributed by atoms with E-state index in [0.717, 1.165) is 4.47 Å². The Hall–Kier alpha value is -1.27. The summed E-state index contributed by atoms with van der Waals surface area (Å²) in [6.45, 7) is 3.63. The zero-order valence-corrected chi connectivity index (χ0v) is 11.1. The Morgan fingerprint density at radius 2 is 2.24 bits per heavy atom. The molecule has 0 saturated heterocycles. The van der Waals surface area contributed by atoms with Crippen LogP contribution in [0.4, 0.5) is 0 Å². The van der Waals surface area contributed by atoms with E-state index in [1.165, 1.54) is 0 Å². The smallest absolute Gasteiger partial charge is 0.170 e. The first-order valence-corrected chi connectivity index (χ1v) is 5.96. The first-order chi connectivity index (χ1) is 8.19. The van der Waals surface area contributed by atoms with E-state index in [1.54, 1.807) is 18.2 Å². The van der Waals surface area contributed by atoms with Crippen LogP contribution in [0.25, 0.3) is 0 Å². The summed E-state index contributed by atoms with van der Waals surface area (Å²) in [7, 11) is 0. The van der Waals surface area contributed by atoms with Crippen LogP contribution in [-0.4, -0.2) is 30.9 Å². The van der Waals surface area contributed by atoms with Gasteiger partial charge in [-0.1, -0.05) is 5.16 Å². The second-order valence-corrected chi connectivity index (χ2v) is 4.03. The Bertz CT molecular complexity index is 396. The molecule has 0 aromatic heterocycles. The molecule has 0 radical (unpaired) electrons. The van der Waals surface area contributed by atoms with E-state index in [0.29, 0.717) is 31.1 Å². The van der Waals surface area contributed by atoms with E-state index in [2.05, 4.69) is 21.1 Å². The summed E-state index contributed by atoms with van der Waals surface area (Å²) in [6, 6.07) is 5.20. The first-order valence-electron chi connectivity index (χ1n) is 5.17. The number of nitrogens with two attached hydrogens (primary N) is 1. The quantitative estimate of drug-likeness (QED) is 0.277. The summed E-state index contributed by atoms with van der Waals surface area (Å²) in [4.78, 5) is 0. The number of rotatable bonds is 6. The Labute approximate surface area is 108 Å². The fraction of sp³-hybridized carbons (Fsp3) is 0.364. The van der Waals surface area contributed by atoms with Gasteiger partial charge >= 0.3 is 0 Å². The average Bonchev–Trinajstić information content (AvgIpc) is 2.35. The lowest BCUT2D eigenvalue weighted by Crippen LogP contribution is -2.13. The summed E-state index contributed by atoms with van der Waals surface area (Å²) in [5.74, 6) is 0.755. The zero-order chi connectivity index (χ0) is 12.7. The second kappa shape index (κ2) is 7.13. The Kier molecular flexibility index (Phi) is 5.79. The van der Waals surface area contributed by atoms with Gasteiger partial charge < -0.3 is 20.4 Å². The van der Waals surface area contributed by atoms with Crippen molar-refractivity contribution >= 4 is 21.8 Å². The molecule has 0 spiro atoms. The molecule has 0 amide bonds. The maximum atomic E-state index is 8.55. The van der Waals surface area contributed by atoms with Crippen LogP contribution in [0.1, 0.15) is 12.5 Å². The van der Waals surface area contributed by atoms with Crippen LogP contribution >= 0.6 is 15.9 Å². The number of ether oxygens (including phenoxy) is 2. The van der Waals surface area contributed by atoms with E-state index in [-0.39, 0.29) is 5.84 Å². The molecule has 0 atom stereocenters. The van der Waals surface area contributed by atoms with Gasteiger partial charge in [-0.25, -0.2) is 0 Å². The lowest BCUT2D eigenvalue weighted by Gasteiger charge is -2.09. The summed E-state index contributed by atoms with van der Waals surface area (Å²) >= 11 is 3.36. The lowest BCUT2D eigenvalue weighted by atomic mass is 10.2. The van der Waals surface area contributed by atoms with Crippen molar-refractivity contribution < 1.29 is 14.7 Å². The third-order valence-electron chi connectivity index (χ3n) is 2.02. The number of oxime groups is 1. The number of hydrogen-bond acceptors (Lipinski definition) is 4. The standard InChI is InChI=1S/C11H15BrN2O3/c1-2-16-5-6-17-10-4-3-8(7-9(10)12)11(13)14-15/h3-4,7,15H,2,5-6H2,1H3,(H2,13,14). The van der Waals surface area contributed by atoms with E-state index in [1.807, 2.05) is 6.92 Å². The summed E-state index contributed by atoms with van der Waals surface area (Å²) < 4.78 is 11.4. The third-order valence-corrected chi connectivity index (χ3v) is 2.64. The van der Waals surface area contributed by atoms with Crippen LogP contribution in [0.2, 0.25) is 0 Å². The van der Waals surface area contributed by atoms with Gasteiger partial charge in [-0.3, -0.25) is 0 Å². The lowest BCUT2D eigenvalue weighted by molar-refractivity contribution is 0.110. The molecule has 94 valence electrons. The van der Waals surface area contributed by atoms with Crippen LogP contribution in [0.3, 0.4) is 0 Å². The molecular weight excluding hydrogens is 288 g/mol. The topological polar surface area (TPSA) is 77.1 Å². The molecule has 1 rings (SSSR count). The molecule has 1 aromatic rings. The van der Waals surface area contributed by atoms with E-state index in [4.69, 9.17) is 20.4 Å². The molecule has 5 nitrogen and oxygen atoms in total. The van der Waals surface area contributed by atoms with Crippen molar-refractivity contribution in [2.45, 2.75) is 6.92 Å². The van der Waals surface area contributed by atoms with Crippen molar-refractivity contribution in [2.24, 2.45) is 10.9 Å². The van der Waals surface area contributed by atoms with Crippen molar-refractivity contribution in [3.05, 3.63) is 28.2 Å². The number of amidine groups is 1. The van der Waals surface area contributed by atoms with Gasteiger partial charge in [0.25, 0.3) is 0 Å². The van der Waals surface area contributed by atoms with E-state index < -0.39 is 0 Å². The van der Waals surface area contributed by atoms with Crippen molar-refractivity contribution in [3.63, 3.8) is 0 Å². The zero-order valence-electron chi connectivity index (χ0n) is 9.52. The number of hydrogen-bond donors (Lipinski definition) is 2. The average molecular weight is 303 g/mol. The van der Waals surface area contributed by atoms with Crippen LogP contribution in [0.5, 0.6) is 5.75 Å². The minimum absolute atomic E-state index is 0.0616. The van der Waals surface area contributed by atoms with Gasteiger partial charge in [0, 0.05) is 12.2 Å². The van der Waals surface area contributed by atoms with Crippen LogP contribution in [-0.2, 0) is 4.74 Å². The summed E-state index contributed by atoms with van der Waals surface area (Å²) in [6.07, 6.45) is 0. The SMILES string of the molecule is CCOCCOc1ccc(/C(N)=N/O)cc1Br. The van der Waals surface area contributed by atoms with Gasteiger partial charge in [0.1, 0.15) is 12.4 Å². The Morgan fingerprint density at radius 3 is 2.82 bits per heavy atom. The van der Waals surface area contributed by atoms with Crippen LogP contribution in [0.15, 0.2) is 27.8 Å². The highest BCUT2D eigenvalue weighted by Crippen LogP contribution is 2.25. The van der Waals surface area contributed by atoms with Gasteiger partial charge in [-0.2, -0.15) is 0 Å². The molecule has 0 heterocycles. The molecule has 0 aliphatic heterocycles. The molecule has 0 aliphatic carbocycles. The molecule has 1 aromatic carbocycles. The highest BCUT2D eigenvalue weighted by molar-refractivity contribution is 9.10. The summed E-state index contributed by atoms with van der Waals surface area (Å²) in [5.41, 5.74) is 6.09. The first kappa shape index (κ1) is 13.8. The fourth-order valence-corrected chi connectivity index (χ4v) is 1.68. The van der Waals surface area contributed by atoms with Crippen molar-refractivity contribution in [3.8, 4) is 5.75 Å². The molecule has 17 heavy (non-hydrogen) atoms. The largest absolute Gasteiger partial charge is 0.490 e. The monoisotopic (exact) mass is 302 g/mol. The number of nitrogens with zero attached hydrogens (tertiary/aromatic N) is 1. The molecule has 3 N–H and O–H groups in total. The molecule has 6 heteroatoms. The highest BCUT2D eigenvalue weighted by Gasteiger charge is 2.05. The van der Waals surface area contributed by atoms with Crippen LogP contribution < -0.4 is 10.5 Å². The minimum Gasteiger partial charge on any atom is -0.490 e. The van der Waals surface area contributed by atoms with Gasteiger partial charge in [0.2, 0.25) is 0 Å². The molecule has 0 unspecified atom stereocenters. The molecule has 0 saturated carbocycles. The number of benzene rings is 1. The van der Waals surface area contributed by atoms with Gasteiger partial charge in [-0.05, 0) is 41.1 Å². The third kappa shape index (κ3) is 4.24. The normalized spacial score (nSPS) is 11.5. The Balaban J connectivity index is 2.63. The maximum Gasteiger partial charge on any atom is 0.170 e. The number of halogens is 1. The van der Waals surface area contributed by atoms with Crippen LogP contribution in [0, 0.1) is 0 Å². The fourth-order valence-electron chi connectivity index (χ4n) is 1.19. The second-order valence-electron chi connectivity index (χ2n) is 3.18. The molecule has 0 aliphatic rings.